The molecule has 80 valence electrons. The van der Waals surface area contributed by atoms with Crippen LogP contribution in [0.5, 0.6) is 0 Å². The molecule has 1 aromatic rings. The molecular weight excluding hydrogens is 182 g/mol. The molecule has 1 heterocycles. The Kier molecular flexibility index (Phi) is 4.03. The zero-order valence-electron chi connectivity index (χ0n) is 8.82. The van der Waals surface area contributed by atoms with E-state index in [1.54, 1.807) is 13.8 Å². The van der Waals surface area contributed by atoms with Crippen LogP contribution in [0, 0.1) is 6.92 Å². The molecule has 0 saturated carbocycles. The molecule has 0 fully saturated rings. The largest absolute Gasteiger partial charge is 0.393 e. The van der Waals surface area contributed by atoms with Crippen molar-refractivity contribution in [2.45, 2.75) is 45.9 Å². The molecule has 2 atom stereocenters. The maximum absolute atomic E-state index is 9.13. The highest BCUT2D eigenvalue weighted by atomic mass is 16.5. The number of aromatic nitrogens is 2. The zero-order chi connectivity index (χ0) is 10.6. The lowest BCUT2D eigenvalue weighted by Gasteiger charge is -2.13. The topological polar surface area (TPSA) is 71.2 Å². The molecule has 0 amide bonds. The van der Waals surface area contributed by atoms with Gasteiger partial charge >= 0.3 is 0 Å². The maximum atomic E-state index is 9.13. The first-order chi connectivity index (χ1) is 6.58. The Morgan fingerprint density at radius 1 is 1.50 bits per heavy atom. The van der Waals surface area contributed by atoms with Crippen molar-refractivity contribution < 1.29 is 9.63 Å². The van der Waals surface area contributed by atoms with Crippen molar-refractivity contribution in [1.29, 1.82) is 0 Å². The summed E-state index contributed by atoms with van der Waals surface area (Å²) in [5.74, 6) is 1.23. The fourth-order valence-electron chi connectivity index (χ4n) is 1.27. The number of aliphatic hydroxyl groups excluding tert-OH is 1. The molecule has 5 nitrogen and oxygen atoms in total. The van der Waals surface area contributed by atoms with Crippen LogP contribution in [0.4, 0.5) is 0 Å². The average Bonchev–Trinajstić information content (AvgIpc) is 2.47. The summed E-state index contributed by atoms with van der Waals surface area (Å²) in [6, 6.07) is 0.244. The lowest BCUT2D eigenvalue weighted by Crippen LogP contribution is -2.29. The van der Waals surface area contributed by atoms with Crippen LogP contribution in [-0.4, -0.2) is 27.4 Å². The molecule has 1 aromatic heterocycles. The van der Waals surface area contributed by atoms with Crippen LogP contribution in [0.1, 0.15) is 32.0 Å². The smallest absolute Gasteiger partial charge is 0.223 e. The number of hydrogen-bond donors (Lipinski definition) is 2. The van der Waals surface area contributed by atoms with Crippen molar-refractivity contribution in [2.75, 3.05) is 0 Å². The normalized spacial score (nSPS) is 15.4. The fraction of sp³-hybridized carbons (Fsp3) is 0.778. The minimum Gasteiger partial charge on any atom is -0.393 e. The third-order valence-electron chi connectivity index (χ3n) is 1.87. The van der Waals surface area contributed by atoms with Crippen LogP contribution in [-0.2, 0) is 6.54 Å². The number of rotatable bonds is 5. The lowest BCUT2D eigenvalue weighted by atomic mass is 10.1. The van der Waals surface area contributed by atoms with Gasteiger partial charge in [-0.05, 0) is 20.3 Å². The number of nitrogens with one attached hydrogen (secondary N) is 1. The number of aryl methyl sites for hydroxylation is 1. The first kappa shape index (κ1) is 11.1. The van der Waals surface area contributed by atoms with Crippen LogP contribution >= 0.6 is 0 Å². The van der Waals surface area contributed by atoms with Crippen molar-refractivity contribution in [1.82, 2.24) is 15.5 Å². The van der Waals surface area contributed by atoms with Gasteiger partial charge in [0.1, 0.15) is 0 Å². The van der Waals surface area contributed by atoms with E-state index in [0.717, 1.165) is 6.42 Å². The summed E-state index contributed by atoms with van der Waals surface area (Å²) in [7, 11) is 0. The van der Waals surface area contributed by atoms with Crippen LogP contribution in [0.15, 0.2) is 4.52 Å². The summed E-state index contributed by atoms with van der Waals surface area (Å²) in [4.78, 5) is 4.06. The summed E-state index contributed by atoms with van der Waals surface area (Å²) in [6.07, 6.45) is 0.432. The Morgan fingerprint density at radius 2 is 2.21 bits per heavy atom. The van der Waals surface area contributed by atoms with Gasteiger partial charge in [-0.3, -0.25) is 0 Å². The van der Waals surface area contributed by atoms with Crippen molar-refractivity contribution in [3.8, 4) is 0 Å². The molecule has 2 unspecified atom stereocenters. The molecule has 0 aliphatic carbocycles. The molecule has 0 aliphatic heterocycles. The summed E-state index contributed by atoms with van der Waals surface area (Å²) in [5, 5.41) is 16.1. The van der Waals surface area contributed by atoms with Crippen LogP contribution < -0.4 is 5.32 Å². The van der Waals surface area contributed by atoms with Gasteiger partial charge in [-0.2, -0.15) is 4.98 Å². The molecule has 14 heavy (non-hydrogen) atoms. The van der Waals surface area contributed by atoms with E-state index in [0.29, 0.717) is 18.3 Å². The Bertz CT molecular complexity index is 273. The minimum atomic E-state index is -0.287. The fourth-order valence-corrected chi connectivity index (χ4v) is 1.27. The second-order valence-electron chi connectivity index (χ2n) is 3.60. The van der Waals surface area contributed by atoms with Crippen molar-refractivity contribution in [2.24, 2.45) is 0 Å². The summed E-state index contributed by atoms with van der Waals surface area (Å²) >= 11 is 0. The van der Waals surface area contributed by atoms with Crippen molar-refractivity contribution in [3.63, 3.8) is 0 Å². The third-order valence-corrected chi connectivity index (χ3v) is 1.87. The third kappa shape index (κ3) is 3.85. The van der Waals surface area contributed by atoms with Gasteiger partial charge in [-0.25, -0.2) is 0 Å². The Balaban J connectivity index is 2.26. The second-order valence-corrected chi connectivity index (χ2v) is 3.60. The van der Waals surface area contributed by atoms with Gasteiger partial charge in [-0.15, -0.1) is 0 Å². The van der Waals surface area contributed by atoms with Gasteiger partial charge in [-0.1, -0.05) is 5.16 Å². The molecule has 0 radical (unpaired) electrons. The van der Waals surface area contributed by atoms with Crippen LogP contribution in [0.3, 0.4) is 0 Å². The highest BCUT2D eigenvalue weighted by Gasteiger charge is 2.07. The quantitative estimate of drug-likeness (QED) is 0.727. The first-order valence-corrected chi connectivity index (χ1v) is 4.78. The minimum absolute atomic E-state index is 0.244. The number of hydrogen-bond acceptors (Lipinski definition) is 5. The summed E-state index contributed by atoms with van der Waals surface area (Å²) in [5.41, 5.74) is 0. The van der Waals surface area contributed by atoms with E-state index >= 15 is 0 Å². The highest BCUT2D eigenvalue weighted by Crippen LogP contribution is 1.99. The van der Waals surface area contributed by atoms with E-state index in [-0.39, 0.29) is 12.1 Å². The number of aliphatic hydroxyl groups is 1. The monoisotopic (exact) mass is 199 g/mol. The summed E-state index contributed by atoms with van der Waals surface area (Å²) < 4.78 is 4.83. The molecule has 5 heteroatoms. The van der Waals surface area contributed by atoms with Crippen molar-refractivity contribution in [3.05, 3.63) is 11.7 Å². The Labute approximate surface area is 83.5 Å². The van der Waals surface area contributed by atoms with E-state index in [4.69, 9.17) is 9.63 Å². The highest BCUT2D eigenvalue weighted by molar-refractivity contribution is 4.83. The standard InChI is InChI=1S/C9H17N3O2/c1-6(4-7(2)13)10-5-9-11-8(3)14-12-9/h6-7,10,13H,4-5H2,1-3H3. The maximum Gasteiger partial charge on any atom is 0.223 e. The molecule has 0 spiro atoms. The SMILES string of the molecule is Cc1nc(CNC(C)CC(C)O)no1. The average molecular weight is 199 g/mol. The van der Waals surface area contributed by atoms with Crippen molar-refractivity contribution >= 4 is 0 Å². The lowest BCUT2D eigenvalue weighted by molar-refractivity contribution is 0.170. The zero-order valence-corrected chi connectivity index (χ0v) is 8.82. The van der Waals surface area contributed by atoms with Gasteiger partial charge in [0.15, 0.2) is 5.82 Å². The molecule has 0 bridgehead atoms. The van der Waals surface area contributed by atoms with Crippen LogP contribution in [0.25, 0.3) is 0 Å². The van der Waals surface area contributed by atoms with E-state index < -0.39 is 0 Å². The number of nitrogens with zero attached hydrogens (tertiary/aromatic N) is 2. The molecule has 0 aliphatic rings. The Hall–Kier alpha value is -0.940. The Morgan fingerprint density at radius 3 is 2.71 bits per heavy atom. The predicted octanol–water partition coefficient (Wildman–Crippen LogP) is 0.627. The summed E-state index contributed by atoms with van der Waals surface area (Å²) in [6.45, 7) is 6.12. The second kappa shape index (κ2) is 5.07. The van der Waals surface area contributed by atoms with Crippen LogP contribution in [0.2, 0.25) is 0 Å². The van der Waals surface area contributed by atoms with Gasteiger partial charge < -0.3 is 14.9 Å². The first-order valence-electron chi connectivity index (χ1n) is 4.78. The van der Waals surface area contributed by atoms with E-state index in [2.05, 4.69) is 15.5 Å². The molecule has 1 rings (SSSR count). The van der Waals surface area contributed by atoms with Gasteiger partial charge in [0.25, 0.3) is 0 Å². The molecule has 2 N–H and O–H groups in total. The van der Waals surface area contributed by atoms with Gasteiger partial charge in [0.05, 0.1) is 12.6 Å². The van der Waals surface area contributed by atoms with E-state index in [9.17, 15) is 0 Å². The van der Waals surface area contributed by atoms with Gasteiger partial charge in [0, 0.05) is 13.0 Å². The predicted molar refractivity (Wildman–Crippen MR) is 51.6 cm³/mol. The van der Waals surface area contributed by atoms with E-state index in [1.165, 1.54) is 0 Å². The van der Waals surface area contributed by atoms with Gasteiger partial charge in [0.2, 0.25) is 5.89 Å². The van der Waals surface area contributed by atoms with E-state index in [1.807, 2.05) is 6.92 Å². The molecule has 0 saturated heterocycles. The molecular formula is C9H17N3O2. The molecule has 0 aromatic carbocycles.